The fraction of sp³-hybridized carbons (Fsp3) is 0. The molecular weight excluding hydrogens is 260 g/mol. The van der Waals surface area contributed by atoms with E-state index in [1.54, 1.807) is 0 Å². The molecule has 3 nitrogen and oxygen atoms in total. The zero-order valence-corrected chi connectivity index (χ0v) is 10.4. The van der Waals surface area contributed by atoms with Gasteiger partial charge in [-0.05, 0) is 24.3 Å². The first kappa shape index (κ1) is 12.3. The third-order valence-corrected chi connectivity index (χ3v) is 2.97. The molecule has 1 heterocycles. The van der Waals surface area contributed by atoms with E-state index in [1.165, 1.54) is 22.9 Å². The first-order valence-electron chi connectivity index (χ1n) is 6.02. The highest BCUT2D eigenvalue weighted by atomic mass is 19.2. The molecular formula is C15H11F2N3. The molecule has 5 heteroatoms. The molecule has 0 spiro atoms. The highest BCUT2D eigenvalue weighted by Crippen LogP contribution is 2.26. The first-order valence-corrected chi connectivity index (χ1v) is 6.02. The maximum atomic E-state index is 13.8. The summed E-state index contributed by atoms with van der Waals surface area (Å²) in [6.07, 6.45) is 0. The average molecular weight is 271 g/mol. The molecule has 0 unspecified atom stereocenters. The van der Waals surface area contributed by atoms with E-state index in [9.17, 15) is 8.78 Å². The first-order chi connectivity index (χ1) is 9.66. The number of halogens is 2. The Morgan fingerprint density at radius 2 is 1.70 bits per heavy atom. The van der Waals surface area contributed by atoms with Crippen molar-refractivity contribution < 1.29 is 8.78 Å². The lowest BCUT2D eigenvalue weighted by Gasteiger charge is -2.03. The molecule has 0 saturated carbocycles. The van der Waals surface area contributed by atoms with Gasteiger partial charge in [0.15, 0.2) is 11.6 Å². The number of para-hydroxylation sites is 1. The minimum atomic E-state index is -0.926. The molecule has 3 rings (SSSR count). The van der Waals surface area contributed by atoms with Gasteiger partial charge in [-0.15, -0.1) is 0 Å². The van der Waals surface area contributed by atoms with Crippen molar-refractivity contribution in [3.63, 3.8) is 0 Å². The number of anilines is 1. The van der Waals surface area contributed by atoms with Crippen LogP contribution < -0.4 is 5.73 Å². The number of nitrogens with two attached hydrogens (primary N) is 1. The standard InChI is InChI=1S/C15H11F2N3/c16-12-8-4-7-11(15(12)17)13-9-14(18)20(19-13)10-5-2-1-3-6-10/h1-9H,18H2. The Bertz CT molecular complexity index is 751. The van der Waals surface area contributed by atoms with E-state index in [4.69, 9.17) is 5.73 Å². The maximum absolute atomic E-state index is 13.8. The van der Waals surface area contributed by atoms with Crippen molar-refractivity contribution in [2.45, 2.75) is 0 Å². The zero-order valence-electron chi connectivity index (χ0n) is 10.4. The van der Waals surface area contributed by atoms with Gasteiger partial charge in [0.2, 0.25) is 0 Å². The van der Waals surface area contributed by atoms with E-state index in [1.807, 2.05) is 30.3 Å². The van der Waals surface area contributed by atoms with Crippen LogP contribution in [0.15, 0.2) is 54.6 Å². The number of benzene rings is 2. The Balaban J connectivity index is 2.12. The monoisotopic (exact) mass is 271 g/mol. The van der Waals surface area contributed by atoms with Crippen LogP contribution in [0.3, 0.4) is 0 Å². The summed E-state index contributed by atoms with van der Waals surface area (Å²) in [5, 5.41) is 4.24. The van der Waals surface area contributed by atoms with Crippen LogP contribution in [0.1, 0.15) is 0 Å². The molecule has 0 saturated heterocycles. The second-order valence-electron chi connectivity index (χ2n) is 4.30. The maximum Gasteiger partial charge on any atom is 0.168 e. The largest absolute Gasteiger partial charge is 0.384 e. The number of hydrogen-bond donors (Lipinski definition) is 1. The van der Waals surface area contributed by atoms with Crippen LogP contribution in [0, 0.1) is 11.6 Å². The summed E-state index contributed by atoms with van der Waals surface area (Å²) in [7, 11) is 0. The van der Waals surface area contributed by atoms with Crippen LogP contribution >= 0.6 is 0 Å². The molecule has 0 radical (unpaired) electrons. The third kappa shape index (κ3) is 2.03. The predicted octanol–water partition coefficient (Wildman–Crippen LogP) is 3.40. The van der Waals surface area contributed by atoms with Gasteiger partial charge in [-0.25, -0.2) is 13.5 Å². The van der Waals surface area contributed by atoms with Crippen molar-refractivity contribution in [3.05, 3.63) is 66.2 Å². The molecule has 1 aromatic heterocycles. The van der Waals surface area contributed by atoms with Gasteiger partial charge in [0.25, 0.3) is 0 Å². The Hall–Kier alpha value is -2.69. The minimum Gasteiger partial charge on any atom is -0.384 e. The number of nitrogens with zero attached hydrogens (tertiary/aromatic N) is 2. The van der Waals surface area contributed by atoms with E-state index in [0.29, 0.717) is 11.5 Å². The van der Waals surface area contributed by atoms with Crippen molar-refractivity contribution in [3.8, 4) is 16.9 Å². The van der Waals surface area contributed by atoms with Crippen molar-refractivity contribution in [1.29, 1.82) is 0 Å². The van der Waals surface area contributed by atoms with E-state index >= 15 is 0 Å². The van der Waals surface area contributed by atoms with Crippen molar-refractivity contribution in [2.24, 2.45) is 0 Å². The molecule has 0 aliphatic rings. The summed E-state index contributed by atoms with van der Waals surface area (Å²) in [6.45, 7) is 0. The summed E-state index contributed by atoms with van der Waals surface area (Å²) in [5.74, 6) is -1.48. The minimum absolute atomic E-state index is 0.0892. The lowest BCUT2D eigenvalue weighted by Crippen LogP contribution is -2.01. The van der Waals surface area contributed by atoms with Crippen LogP contribution in [0.5, 0.6) is 0 Å². The Labute approximate surface area is 114 Å². The Morgan fingerprint density at radius 3 is 2.45 bits per heavy atom. The van der Waals surface area contributed by atoms with Crippen LogP contribution in [-0.2, 0) is 0 Å². The summed E-state index contributed by atoms with van der Waals surface area (Å²) < 4.78 is 28.5. The van der Waals surface area contributed by atoms with Crippen LogP contribution in [0.25, 0.3) is 16.9 Å². The third-order valence-electron chi connectivity index (χ3n) is 2.97. The van der Waals surface area contributed by atoms with Crippen LogP contribution in [0.4, 0.5) is 14.6 Å². The smallest absolute Gasteiger partial charge is 0.168 e. The van der Waals surface area contributed by atoms with Gasteiger partial charge in [0.1, 0.15) is 5.82 Å². The number of hydrogen-bond acceptors (Lipinski definition) is 2. The van der Waals surface area contributed by atoms with Gasteiger partial charge < -0.3 is 5.73 Å². The van der Waals surface area contributed by atoms with Crippen LogP contribution in [0.2, 0.25) is 0 Å². The fourth-order valence-corrected chi connectivity index (χ4v) is 2.00. The molecule has 0 aliphatic heterocycles. The number of rotatable bonds is 2. The van der Waals surface area contributed by atoms with Gasteiger partial charge in [0, 0.05) is 11.6 Å². The van der Waals surface area contributed by atoms with E-state index in [-0.39, 0.29) is 5.56 Å². The highest BCUT2D eigenvalue weighted by molar-refractivity contribution is 5.64. The van der Waals surface area contributed by atoms with Gasteiger partial charge in [-0.2, -0.15) is 5.10 Å². The molecule has 2 N–H and O–H groups in total. The van der Waals surface area contributed by atoms with Gasteiger partial charge in [-0.1, -0.05) is 24.3 Å². The van der Waals surface area contributed by atoms with Gasteiger partial charge in [0.05, 0.1) is 11.4 Å². The molecule has 2 aromatic carbocycles. The van der Waals surface area contributed by atoms with Gasteiger partial charge >= 0.3 is 0 Å². The van der Waals surface area contributed by atoms with Crippen molar-refractivity contribution in [1.82, 2.24) is 9.78 Å². The average Bonchev–Trinajstić information content (AvgIpc) is 2.85. The van der Waals surface area contributed by atoms with Crippen LogP contribution in [-0.4, -0.2) is 9.78 Å². The van der Waals surface area contributed by atoms with Crippen molar-refractivity contribution >= 4 is 5.82 Å². The van der Waals surface area contributed by atoms with Gasteiger partial charge in [-0.3, -0.25) is 0 Å². The second kappa shape index (κ2) is 4.77. The molecule has 3 aromatic rings. The highest BCUT2D eigenvalue weighted by Gasteiger charge is 2.14. The fourth-order valence-electron chi connectivity index (χ4n) is 2.00. The van der Waals surface area contributed by atoms with Crippen molar-refractivity contribution in [2.75, 3.05) is 5.73 Å². The number of nitrogen functional groups attached to an aromatic ring is 1. The molecule has 0 amide bonds. The normalized spacial score (nSPS) is 10.7. The number of aromatic nitrogens is 2. The second-order valence-corrected chi connectivity index (χ2v) is 4.30. The quantitative estimate of drug-likeness (QED) is 0.776. The summed E-state index contributed by atoms with van der Waals surface area (Å²) in [5.41, 5.74) is 7.02. The predicted molar refractivity (Wildman–Crippen MR) is 73.3 cm³/mol. The van der Waals surface area contributed by atoms with E-state index in [0.717, 1.165) is 11.8 Å². The van der Waals surface area contributed by atoms with E-state index in [2.05, 4.69) is 5.10 Å². The van der Waals surface area contributed by atoms with E-state index < -0.39 is 11.6 Å². The molecule has 100 valence electrons. The summed E-state index contributed by atoms with van der Waals surface area (Å²) >= 11 is 0. The summed E-state index contributed by atoms with van der Waals surface area (Å²) in [4.78, 5) is 0. The SMILES string of the molecule is Nc1cc(-c2cccc(F)c2F)nn1-c1ccccc1. The Kier molecular flexibility index (Phi) is 2.95. The lowest BCUT2D eigenvalue weighted by molar-refractivity contribution is 0.511. The zero-order chi connectivity index (χ0) is 14.1. The summed E-state index contributed by atoms with van der Waals surface area (Å²) in [6, 6.07) is 14.7. The Morgan fingerprint density at radius 1 is 0.950 bits per heavy atom. The lowest BCUT2D eigenvalue weighted by atomic mass is 10.1. The molecule has 0 atom stereocenters. The molecule has 0 bridgehead atoms. The molecule has 20 heavy (non-hydrogen) atoms. The molecule has 0 fully saturated rings. The topological polar surface area (TPSA) is 43.8 Å². The molecule has 0 aliphatic carbocycles.